The van der Waals surface area contributed by atoms with Gasteiger partial charge in [-0.05, 0) is 19.8 Å². The maximum absolute atomic E-state index is 3.45. The lowest BCUT2D eigenvalue weighted by molar-refractivity contribution is 0.596. The van der Waals surface area contributed by atoms with Gasteiger partial charge in [0.1, 0.15) is 0 Å². The van der Waals surface area contributed by atoms with Crippen molar-refractivity contribution in [3.8, 4) is 11.8 Å². The van der Waals surface area contributed by atoms with E-state index in [1.165, 1.54) is 50.3 Å². The molecular weight excluding hydrogens is 224 g/mol. The minimum absolute atomic E-state index is 1.10. The molecule has 76 valence electrons. The highest BCUT2D eigenvalue weighted by Crippen LogP contribution is 2.08. The van der Waals surface area contributed by atoms with Crippen LogP contribution in [0.4, 0.5) is 0 Å². The molecule has 13 heavy (non-hydrogen) atoms. The Bertz CT molecular complexity index is 141. The Morgan fingerprint density at radius 3 is 1.92 bits per heavy atom. The van der Waals surface area contributed by atoms with Crippen LogP contribution in [-0.2, 0) is 0 Å². The molecule has 0 aromatic heterocycles. The summed E-state index contributed by atoms with van der Waals surface area (Å²) in [6.07, 6.45) is 10.7. The van der Waals surface area contributed by atoms with Crippen molar-refractivity contribution >= 4 is 15.9 Å². The molecule has 1 heteroatoms. The van der Waals surface area contributed by atoms with E-state index in [9.17, 15) is 0 Å². The monoisotopic (exact) mass is 244 g/mol. The molecule has 0 spiro atoms. The van der Waals surface area contributed by atoms with E-state index < -0.39 is 0 Å². The fraction of sp³-hybridized carbons (Fsp3) is 0.833. The Morgan fingerprint density at radius 2 is 1.38 bits per heavy atom. The van der Waals surface area contributed by atoms with E-state index >= 15 is 0 Å². The number of halogens is 1. The molecule has 0 unspecified atom stereocenters. The lowest BCUT2D eigenvalue weighted by Gasteiger charge is -1.98. The molecule has 0 radical (unpaired) electrons. The van der Waals surface area contributed by atoms with Gasteiger partial charge in [0, 0.05) is 11.8 Å². The van der Waals surface area contributed by atoms with Crippen molar-refractivity contribution < 1.29 is 0 Å². The third-order valence-electron chi connectivity index (χ3n) is 2.11. The van der Waals surface area contributed by atoms with E-state index in [2.05, 4.69) is 27.8 Å². The van der Waals surface area contributed by atoms with Crippen molar-refractivity contribution in [2.45, 2.75) is 58.3 Å². The quantitative estimate of drug-likeness (QED) is 0.335. The van der Waals surface area contributed by atoms with Crippen molar-refractivity contribution in [1.82, 2.24) is 0 Å². The van der Waals surface area contributed by atoms with Crippen LogP contribution in [0.2, 0.25) is 0 Å². The van der Waals surface area contributed by atoms with E-state index in [0.717, 1.165) is 6.42 Å². The van der Waals surface area contributed by atoms with Crippen LogP contribution in [0.3, 0.4) is 0 Å². The summed E-state index contributed by atoms with van der Waals surface area (Å²) in [5.41, 5.74) is 0. The van der Waals surface area contributed by atoms with E-state index in [1.54, 1.807) is 0 Å². The summed E-state index contributed by atoms with van der Waals surface area (Å²) in [5, 5.41) is 1.17. The summed E-state index contributed by atoms with van der Waals surface area (Å²) < 4.78 is 0. The number of unbranched alkanes of at least 4 members (excludes halogenated alkanes) is 7. The Morgan fingerprint density at radius 1 is 0.846 bits per heavy atom. The van der Waals surface area contributed by atoms with Crippen molar-refractivity contribution in [1.29, 1.82) is 0 Å². The van der Waals surface area contributed by atoms with Crippen LogP contribution in [0.15, 0.2) is 0 Å². The molecule has 0 aromatic rings. The van der Waals surface area contributed by atoms with Crippen molar-refractivity contribution in [2.24, 2.45) is 0 Å². The third kappa shape index (κ3) is 12.0. The predicted molar refractivity (Wildman–Crippen MR) is 64.2 cm³/mol. The SMILES string of the molecule is CC#CCCCCCCCCCBr. The van der Waals surface area contributed by atoms with Gasteiger partial charge in [0.05, 0.1) is 0 Å². The van der Waals surface area contributed by atoms with Gasteiger partial charge in [-0.2, -0.15) is 0 Å². The smallest absolute Gasteiger partial charge is 0.00885 e. The highest BCUT2D eigenvalue weighted by Gasteiger charge is 1.90. The second-order valence-electron chi connectivity index (χ2n) is 3.34. The molecule has 0 nitrogen and oxygen atoms in total. The summed E-state index contributed by atoms with van der Waals surface area (Å²) in [4.78, 5) is 0. The highest BCUT2D eigenvalue weighted by atomic mass is 79.9. The number of hydrogen-bond acceptors (Lipinski definition) is 0. The summed E-state index contributed by atoms with van der Waals surface area (Å²) in [6, 6.07) is 0. The summed E-state index contributed by atoms with van der Waals surface area (Å²) >= 11 is 3.45. The molecule has 0 atom stereocenters. The van der Waals surface area contributed by atoms with E-state index in [4.69, 9.17) is 0 Å². The fourth-order valence-electron chi connectivity index (χ4n) is 1.32. The molecule has 0 aliphatic heterocycles. The largest absolute Gasteiger partial charge is 0.107 e. The Hall–Kier alpha value is 0.0400. The van der Waals surface area contributed by atoms with Gasteiger partial charge in [0.2, 0.25) is 0 Å². The first-order valence-electron chi connectivity index (χ1n) is 5.37. The summed E-state index contributed by atoms with van der Waals surface area (Å²) in [6.45, 7) is 1.92. The Kier molecular flexibility index (Phi) is 12.1. The first-order chi connectivity index (χ1) is 6.41. The predicted octanol–water partition coefficient (Wildman–Crippen LogP) is 4.53. The summed E-state index contributed by atoms with van der Waals surface area (Å²) in [5.74, 6) is 6.03. The third-order valence-corrected chi connectivity index (χ3v) is 2.67. The maximum Gasteiger partial charge on any atom is 0.00885 e. The van der Waals surface area contributed by atoms with Gasteiger partial charge < -0.3 is 0 Å². The zero-order valence-electron chi connectivity index (χ0n) is 8.74. The second kappa shape index (κ2) is 12.0. The fourth-order valence-corrected chi connectivity index (χ4v) is 1.71. The normalized spacial score (nSPS) is 9.38. The first kappa shape index (κ1) is 13.0. The minimum atomic E-state index is 1.10. The van der Waals surface area contributed by atoms with Gasteiger partial charge in [-0.15, -0.1) is 11.8 Å². The zero-order valence-corrected chi connectivity index (χ0v) is 10.3. The molecule has 0 bridgehead atoms. The topological polar surface area (TPSA) is 0 Å². The standard InChI is InChI=1S/C12H21Br/c1-2-3-4-5-6-7-8-9-10-11-12-13/h4-12H2,1H3. The van der Waals surface area contributed by atoms with Gasteiger partial charge >= 0.3 is 0 Å². The van der Waals surface area contributed by atoms with E-state index in [0.29, 0.717) is 0 Å². The number of alkyl halides is 1. The van der Waals surface area contributed by atoms with Crippen LogP contribution in [-0.4, -0.2) is 5.33 Å². The van der Waals surface area contributed by atoms with Crippen molar-refractivity contribution in [3.05, 3.63) is 0 Å². The Balaban J connectivity index is 2.86. The first-order valence-corrected chi connectivity index (χ1v) is 6.49. The molecular formula is C12H21Br. The highest BCUT2D eigenvalue weighted by molar-refractivity contribution is 9.09. The molecule has 0 rings (SSSR count). The second-order valence-corrected chi connectivity index (χ2v) is 4.13. The lowest BCUT2D eigenvalue weighted by Crippen LogP contribution is -1.80. The van der Waals surface area contributed by atoms with Gasteiger partial charge in [0.25, 0.3) is 0 Å². The van der Waals surface area contributed by atoms with Gasteiger partial charge in [0.15, 0.2) is 0 Å². The maximum atomic E-state index is 3.45. The minimum Gasteiger partial charge on any atom is -0.107 e. The van der Waals surface area contributed by atoms with Crippen molar-refractivity contribution in [3.63, 3.8) is 0 Å². The number of hydrogen-bond donors (Lipinski definition) is 0. The molecule has 0 saturated carbocycles. The van der Waals surface area contributed by atoms with Crippen LogP contribution >= 0.6 is 15.9 Å². The van der Waals surface area contributed by atoms with Crippen LogP contribution in [0.1, 0.15) is 58.3 Å². The average molecular weight is 245 g/mol. The van der Waals surface area contributed by atoms with Crippen LogP contribution in [0, 0.1) is 11.8 Å². The van der Waals surface area contributed by atoms with E-state index in [-0.39, 0.29) is 0 Å². The van der Waals surface area contributed by atoms with Crippen LogP contribution in [0.5, 0.6) is 0 Å². The molecule has 0 fully saturated rings. The molecule has 0 aromatic carbocycles. The van der Waals surface area contributed by atoms with E-state index in [1.807, 2.05) is 6.92 Å². The molecule has 0 N–H and O–H groups in total. The zero-order chi connectivity index (χ0) is 9.78. The van der Waals surface area contributed by atoms with Crippen LogP contribution in [0.25, 0.3) is 0 Å². The lowest BCUT2D eigenvalue weighted by atomic mass is 10.1. The molecule has 0 heterocycles. The molecule has 0 aliphatic carbocycles. The number of rotatable bonds is 8. The van der Waals surface area contributed by atoms with Gasteiger partial charge in [-0.3, -0.25) is 0 Å². The van der Waals surface area contributed by atoms with Crippen molar-refractivity contribution in [2.75, 3.05) is 5.33 Å². The molecule has 0 amide bonds. The van der Waals surface area contributed by atoms with Gasteiger partial charge in [-0.25, -0.2) is 0 Å². The molecule has 0 saturated heterocycles. The Labute approximate surface area is 91.6 Å². The molecule has 0 aliphatic rings. The summed E-state index contributed by atoms with van der Waals surface area (Å²) in [7, 11) is 0. The van der Waals surface area contributed by atoms with Gasteiger partial charge in [-0.1, -0.05) is 48.0 Å². The van der Waals surface area contributed by atoms with Crippen LogP contribution < -0.4 is 0 Å². The average Bonchev–Trinajstić information content (AvgIpc) is 2.16.